The Morgan fingerprint density at radius 2 is 1.63 bits per heavy atom. The van der Waals surface area contributed by atoms with Crippen molar-refractivity contribution < 1.29 is 24.9 Å². The average molecular weight is 621 g/mol. The lowest BCUT2D eigenvalue weighted by Crippen LogP contribution is -2.47. The van der Waals surface area contributed by atoms with E-state index in [1.54, 1.807) is 18.2 Å². The molecule has 0 saturated carbocycles. The first-order valence-electron chi connectivity index (χ1n) is 16.5. The van der Waals surface area contributed by atoms with Crippen molar-refractivity contribution in [2.75, 3.05) is 19.7 Å². The number of rotatable bonds is 10. The van der Waals surface area contributed by atoms with Crippen LogP contribution in [0.4, 0.5) is 0 Å². The third kappa shape index (κ3) is 6.73. The van der Waals surface area contributed by atoms with Gasteiger partial charge in [0.1, 0.15) is 5.75 Å². The van der Waals surface area contributed by atoms with Crippen LogP contribution in [0.15, 0.2) is 96.1 Å². The van der Waals surface area contributed by atoms with Crippen LogP contribution in [0.3, 0.4) is 0 Å². The summed E-state index contributed by atoms with van der Waals surface area (Å²) in [6.07, 6.45) is 3.99. The van der Waals surface area contributed by atoms with Crippen molar-refractivity contribution in [3.63, 3.8) is 0 Å². The number of aliphatic hydroxyl groups is 2. The maximum atomic E-state index is 14.0. The quantitative estimate of drug-likeness (QED) is 0.154. The molecule has 3 aromatic carbocycles. The number of phenols is 1. The van der Waals surface area contributed by atoms with Crippen LogP contribution in [0, 0.1) is 17.8 Å². The summed E-state index contributed by atoms with van der Waals surface area (Å²) in [4.78, 5) is 31.7. The number of fused-ring (bicyclic) bond motifs is 1. The van der Waals surface area contributed by atoms with Gasteiger partial charge in [0.2, 0.25) is 11.8 Å². The minimum atomic E-state index is -0.868. The lowest BCUT2D eigenvalue weighted by atomic mass is 9.68. The molecule has 0 unspecified atom stereocenters. The van der Waals surface area contributed by atoms with E-state index >= 15 is 0 Å². The Hall–Kier alpha value is -4.04. The number of piperidine rings is 1. The summed E-state index contributed by atoms with van der Waals surface area (Å²) in [6, 6.07) is 27.2. The van der Waals surface area contributed by atoms with Gasteiger partial charge in [0, 0.05) is 31.6 Å². The second-order valence-corrected chi connectivity index (χ2v) is 13.1. The zero-order chi connectivity index (χ0) is 32.2. The van der Waals surface area contributed by atoms with Gasteiger partial charge < -0.3 is 15.3 Å². The number of carbonyl (C=O) groups is 2. The third-order valence-electron chi connectivity index (χ3n) is 10.1. The Labute approximate surface area is 271 Å². The first-order chi connectivity index (χ1) is 22.3. The molecule has 7 nitrogen and oxygen atoms in total. The highest BCUT2D eigenvalue weighted by Crippen LogP contribution is 2.47. The van der Waals surface area contributed by atoms with Gasteiger partial charge in [-0.2, -0.15) is 0 Å². The maximum absolute atomic E-state index is 14.0. The van der Waals surface area contributed by atoms with Crippen LogP contribution >= 0.6 is 0 Å². The number of carbonyl (C=O) groups excluding carboxylic acids is 2. The summed E-state index contributed by atoms with van der Waals surface area (Å²) >= 11 is 0. The molecule has 46 heavy (non-hydrogen) atoms. The van der Waals surface area contributed by atoms with Crippen molar-refractivity contribution in [2.45, 2.75) is 57.7 Å². The molecule has 2 heterocycles. The lowest BCUT2D eigenvalue weighted by molar-refractivity contribution is -0.144. The fourth-order valence-corrected chi connectivity index (χ4v) is 7.89. The maximum Gasteiger partial charge on any atom is 0.234 e. The predicted octanol–water partition coefficient (Wildman–Crippen LogP) is 5.67. The highest BCUT2D eigenvalue weighted by molar-refractivity contribution is 6.06. The van der Waals surface area contributed by atoms with Crippen molar-refractivity contribution in [2.24, 2.45) is 17.8 Å². The van der Waals surface area contributed by atoms with Crippen LogP contribution < -0.4 is 0 Å². The van der Waals surface area contributed by atoms with Crippen molar-refractivity contribution in [3.8, 4) is 5.75 Å². The number of hydrogen-bond acceptors (Lipinski definition) is 6. The summed E-state index contributed by atoms with van der Waals surface area (Å²) in [7, 11) is 0. The first kappa shape index (κ1) is 31.9. The number of benzene rings is 3. The molecule has 4 atom stereocenters. The summed E-state index contributed by atoms with van der Waals surface area (Å²) in [6.45, 7) is 4.12. The Morgan fingerprint density at radius 1 is 0.935 bits per heavy atom. The lowest BCUT2D eigenvalue weighted by Gasteiger charge is -2.36. The highest BCUT2D eigenvalue weighted by atomic mass is 16.3. The molecule has 3 N–H and O–H groups in total. The number of nitrogens with zero attached hydrogens (tertiary/aromatic N) is 2. The van der Waals surface area contributed by atoms with Gasteiger partial charge in [-0.15, -0.1) is 0 Å². The van der Waals surface area contributed by atoms with Crippen molar-refractivity contribution in [3.05, 3.63) is 113 Å². The van der Waals surface area contributed by atoms with Crippen molar-refractivity contribution in [1.82, 2.24) is 9.80 Å². The van der Waals surface area contributed by atoms with Gasteiger partial charge in [0.15, 0.2) is 0 Å². The molecule has 2 fully saturated rings. The number of allylic oxidation sites excluding steroid dienone is 2. The minimum absolute atomic E-state index is 0.122. The number of aromatic hydroxyl groups is 1. The van der Waals surface area contributed by atoms with Gasteiger partial charge in [-0.05, 0) is 79.0 Å². The molecule has 240 valence electrons. The SMILES string of the molecule is CC1=C([C@H](O)CC/C(=C/c2cccc(O)c2)c2ccccc2)[C@H](CO)[C@@H]2C(=O)N(C3CCN(Cc4ccccc4)CC3)C(=O)[C@@H]2C1. The molecular weight excluding hydrogens is 576 g/mol. The molecule has 0 spiro atoms. The van der Waals surface area contributed by atoms with E-state index in [2.05, 4.69) is 17.0 Å². The van der Waals surface area contributed by atoms with Crippen molar-refractivity contribution in [1.29, 1.82) is 0 Å². The Bertz CT molecular complexity index is 1590. The largest absolute Gasteiger partial charge is 0.508 e. The molecule has 3 aromatic rings. The van der Waals surface area contributed by atoms with Crippen LogP contribution in [0.2, 0.25) is 0 Å². The molecule has 0 radical (unpaired) electrons. The molecule has 1 aliphatic carbocycles. The molecule has 7 heteroatoms. The van der Waals surface area contributed by atoms with Crippen LogP contribution in [0.1, 0.15) is 55.7 Å². The molecule has 2 amide bonds. The molecule has 2 aliphatic heterocycles. The monoisotopic (exact) mass is 620 g/mol. The van der Waals surface area contributed by atoms with Crippen LogP contribution in [-0.2, 0) is 16.1 Å². The number of hydrogen-bond donors (Lipinski definition) is 3. The second kappa shape index (κ2) is 14.2. The van der Waals surface area contributed by atoms with E-state index in [-0.39, 0.29) is 30.2 Å². The third-order valence-corrected chi connectivity index (χ3v) is 10.1. The van der Waals surface area contributed by atoms with Gasteiger partial charge in [-0.1, -0.05) is 84.4 Å². The zero-order valence-corrected chi connectivity index (χ0v) is 26.5. The Morgan fingerprint density at radius 3 is 2.30 bits per heavy atom. The van der Waals surface area contributed by atoms with Gasteiger partial charge in [-0.25, -0.2) is 0 Å². The standard InChI is InChI=1S/C39H44N2O5/c1-26-21-33-37(39(46)41(38(33)45)31-17-19-40(20-18-31)24-27-9-4-2-5-10-27)34(25-42)36(26)35(44)16-15-30(29-12-6-3-7-13-29)22-28-11-8-14-32(43)23-28/h2-14,22-23,31,33-35,37,42-44H,15-21,24-25H2,1H3/b30-22-/t33-,34+,35-,37-/m1/s1. The summed E-state index contributed by atoms with van der Waals surface area (Å²) in [5.74, 6) is -1.86. The van der Waals surface area contributed by atoms with E-state index in [1.807, 2.05) is 67.6 Å². The summed E-state index contributed by atoms with van der Waals surface area (Å²) in [5.41, 5.74) is 5.74. The van der Waals surface area contributed by atoms with Gasteiger partial charge in [0.25, 0.3) is 0 Å². The van der Waals surface area contributed by atoms with E-state index in [9.17, 15) is 24.9 Å². The van der Waals surface area contributed by atoms with E-state index in [1.165, 1.54) is 10.5 Å². The fourth-order valence-electron chi connectivity index (χ4n) is 7.89. The van der Waals surface area contributed by atoms with Crippen LogP contribution in [0.25, 0.3) is 11.6 Å². The number of phenolic OH excluding ortho intramolecular Hbond substituents is 1. The smallest absolute Gasteiger partial charge is 0.234 e. The molecule has 0 bridgehead atoms. The fraction of sp³-hybridized carbons (Fsp3) is 0.385. The van der Waals surface area contributed by atoms with E-state index < -0.39 is 23.9 Å². The van der Waals surface area contributed by atoms with E-state index in [0.29, 0.717) is 24.8 Å². The van der Waals surface area contributed by atoms with E-state index in [0.717, 1.165) is 54.7 Å². The molecule has 6 rings (SSSR count). The number of aliphatic hydroxyl groups excluding tert-OH is 2. The molecule has 3 aliphatic rings. The number of likely N-dealkylation sites (tertiary alicyclic amines) is 2. The first-order valence-corrected chi connectivity index (χ1v) is 16.5. The van der Waals surface area contributed by atoms with Crippen LogP contribution in [0.5, 0.6) is 5.75 Å². The van der Waals surface area contributed by atoms with Gasteiger partial charge in [0.05, 0.1) is 24.5 Å². The van der Waals surface area contributed by atoms with E-state index in [4.69, 9.17) is 0 Å². The molecular formula is C39H44N2O5. The van der Waals surface area contributed by atoms with Gasteiger partial charge in [-0.3, -0.25) is 19.4 Å². The summed E-state index contributed by atoms with van der Waals surface area (Å²) in [5, 5.41) is 32.3. The van der Waals surface area contributed by atoms with Gasteiger partial charge >= 0.3 is 0 Å². The second-order valence-electron chi connectivity index (χ2n) is 13.1. The Balaban J connectivity index is 1.15. The zero-order valence-electron chi connectivity index (χ0n) is 26.5. The Kier molecular flexibility index (Phi) is 9.83. The topological polar surface area (TPSA) is 101 Å². The molecule has 0 aromatic heterocycles. The number of imide groups is 1. The van der Waals surface area contributed by atoms with Crippen molar-refractivity contribution >= 4 is 23.5 Å². The number of amides is 2. The molecule has 2 saturated heterocycles. The minimum Gasteiger partial charge on any atom is -0.508 e. The average Bonchev–Trinajstić information content (AvgIpc) is 3.32. The van der Waals surface area contributed by atoms with Crippen LogP contribution in [-0.4, -0.2) is 68.8 Å². The predicted molar refractivity (Wildman–Crippen MR) is 179 cm³/mol. The highest BCUT2D eigenvalue weighted by Gasteiger charge is 2.56. The summed E-state index contributed by atoms with van der Waals surface area (Å²) < 4.78 is 0. The normalized spacial score (nSPS) is 23.6.